The van der Waals surface area contributed by atoms with Gasteiger partial charge in [0, 0.05) is 13.1 Å². The fourth-order valence-electron chi connectivity index (χ4n) is 2.36. The van der Waals surface area contributed by atoms with Gasteiger partial charge in [-0.25, -0.2) is 4.98 Å². The van der Waals surface area contributed by atoms with Gasteiger partial charge in [0.1, 0.15) is 11.4 Å². The van der Waals surface area contributed by atoms with Crippen LogP contribution in [0.15, 0.2) is 18.2 Å². The lowest BCUT2D eigenvalue weighted by Gasteiger charge is -2.15. The summed E-state index contributed by atoms with van der Waals surface area (Å²) in [6.45, 7) is 3.96. The molecule has 0 saturated carbocycles. The van der Waals surface area contributed by atoms with Crippen LogP contribution < -0.4 is 11.5 Å². The van der Waals surface area contributed by atoms with E-state index in [1.165, 1.54) is 6.07 Å². The molecule has 1 aliphatic rings. The Kier molecular flexibility index (Phi) is 3.80. The molecule has 102 valence electrons. The third kappa shape index (κ3) is 2.73. The first-order valence-corrected chi connectivity index (χ1v) is 6.29. The van der Waals surface area contributed by atoms with Gasteiger partial charge in [-0.15, -0.1) is 0 Å². The Morgan fingerprint density at radius 3 is 2.63 bits per heavy atom. The molecule has 0 spiro atoms. The van der Waals surface area contributed by atoms with Crippen molar-refractivity contribution in [2.24, 2.45) is 23.3 Å². The van der Waals surface area contributed by atoms with Crippen molar-refractivity contribution in [1.82, 2.24) is 9.88 Å². The predicted octanol–water partition coefficient (Wildman–Crippen LogP) is -0.153. The second-order valence-corrected chi connectivity index (χ2v) is 4.96. The quantitative estimate of drug-likeness (QED) is 0.790. The standard InChI is InChI=1S/C13H18N4O2/c1-8-6-17(7-9(8)5-14)13(19)11-4-2-3-10(16-11)12(15)18/h2-4,8-9H,5-7,14H2,1H3,(H2,15,18). The molecule has 0 aromatic carbocycles. The molecule has 2 heterocycles. The van der Waals surface area contributed by atoms with Gasteiger partial charge in [0.25, 0.3) is 11.8 Å². The van der Waals surface area contributed by atoms with Crippen LogP contribution in [0.4, 0.5) is 0 Å². The summed E-state index contributed by atoms with van der Waals surface area (Å²) in [7, 11) is 0. The average molecular weight is 262 g/mol. The van der Waals surface area contributed by atoms with Crippen molar-refractivity contribution in [3.05, 3.63) is 29.6 Å². The van der Waals surface area contributed by atoms with Gasteiger partial charge in [0.15, 0.2) is 0 Å². The number of carbonyl (C=O) groups is 2. The summed E-state index contributed by atoms with van der Waals surface area (Å²) < 4.78 is 0. The van der Waals surface area contributed by atoms with Gasteiger partial charge in [-0.2, -0.15) is 0 Å². The van der Waals surface area contributed by atoms with E-state index >= 15 is 0 Å². The van der Waals surface area contributed by atoms with E-state index in [0.717, 1.165) is 0 Å². The first-order valence-electron chi connectivity index (χ1n) is 6.29. The van der Waals surface area contributed by atoms with Crippen molar-refractivity contribution < 1.29 is 9.59 Å². The lowest BCUT2D eigenvalue weighted by atomic mass is 9.99. The van der Waals surface area contributed by atoms with Crippen LogP contribution in [-0.4, -0.2) is 41.3 Å². The summed E-state index contributed by atoms with van der Waals surface area (Å²) in [6, 6.07) is 4.70. The molecule has 6 nitrogen and oxygen atoms in total. The Bertz CT molecular complexity index is 503. The van der Waals surface area contributed by atoms with Crippen molar-refractivity contribution in [2.75, 3.05) is 19.6 Å². The van der Waals surface area contributed by atoms with Crippen LogP contribution in [0.2, 0.25) is 0 Å². The zero-order chi connectivity index (χ0) is 14.0. The number of nitrogens with two attached hydrogens (primary N) is 2. The minimum absolute atomic E-state index is 0.105. The zero-order valence-electron chi connectivity index (χ0n) is 10.9. The minimum Gasteiger partial charge on any atom is -0.364 e. The normalized spacial score (nSPS) is 22.5. The molecule has 1 aromatic heterocycles. The molecule has 0 aliphatic carbocycles. The first-order chi connectivity index (χ1) is 9.02. The van der Waals surface area contributed by atoms with Crippen molar-refractivity contribution in [3.8, 4) is 0 Å². The number of amides is 2. The van der Waals surface area contributed by atoms with Crippen LogP contribution in [0.25, 0.3) is 0 Å². The Labute approximate surface area is 111 Å². The van der Waals surface area contributed by atoms with E-state index in [2.05, 4.69) is 11.9 Å². The van der Waals surface area contributed by atoms with Crippen LogP contribution in [0.5, 0.6) is 0 Å². The number of hydrogen-bond donors (Lipinski definition) is 2. The Hall–Kier alpha value is -1.95. The summed E-state index contributed by atoms with van der Waals surface area (Å²) in [6.07, 6.45) is 0. The van der Waals surface area contributed by atoms with E-state index in [9.17, 15) is 9.59 Å². The molecule has 6 heteroatoms. The topological polar surface area (TPSA) is 102 Å². The maximum Gasteiger partial charge on any atom is 0.272 e. The summed E-state index contributed by atoms with van der Waals surface area (Å²) in [4.78, 5) is 29.1. The number of hydrogen-bond acceptors (Lipinski definition) is 4. The van der Waals surface area contributed by atoms with Gasteiger partial charge in [-0.1, -0.05) is 13.0 Å². The molecule has 2 rings (SSSR count). The molecule has 4 N–H and O–H groups in total. The molecule has 1 aliphatic heterocycles. The minimum atomic E-state index is -0.635. The zero-order valence-corrected chi connectivity index (χ0v) is 10.9. The predicted molar refractivity (Wildman–Crippen MR) is 70.4 cm³/mol. The van der Waals surface area contributed by atoms with E-state index in [4.69, 9.17) is 11.5 Å². The van der Waals surface area contributed by atoms with E-state index in [1.807, 2.05) is 0 Å². The largest absolute Gasteiger partial charge is 0.364 e. The van der Waals surface area contributed by atoms with E-state index in [1.54, 1.807) is 17.0 Å². The number of primary amides is 1. The number of carbonyl (C=O) groups excluding carboxylic acids is 2. The third-order valence-corrected chi connectivity index (χ3v) is 3.58. The maximum atomic E-state index is 12.3. The molecule has 0 radical (unpaired) electrons. The van der Waals surface area contributed by atoms with Crippen molar-refractivity contribution in [1.29, 1.82) is 0 Å². The SMILES string of the molecule is CC1CN(C(=O)c2cccc(C(N)=O)n2)CC1CN. The fourth-order valence-corrected chi connectivity index (χ4v) is 2.36. The van der Waals surface area contributed by atoms with Crippen LogP contribution in [0, 0.1) is 11.8 Å². The molecule has 2 amide bonds. The monoisotopic (exact) mass is 262 g/mol. The molecule has 0 bridgehead atoms. The van der Waals surface area contributed by atoms with Crippen LogP contribution in [-0.2, 0) is 0 Å². The van der Waals surface area contributed by atoms with Crippen LogP contribution in [0.1, 0.15) is 27.9 Å². The highest BCUT2D eigenvalue weighted by atomic mass is 16.2. The number of aromatic nitrogens is 1. The van der Waals surface area contributed by atoms with Crippen molar-refractivity contribution in [3.63, 3.8) is 0 Å². The lowest BCUT2D eigenvalue weighted by Crippen LogP contribution is -2.31. The highest BCUT2D eigenvalue weighted by molar-refractivity contribution is 5.95. The van der Waals surface area contributed by atoms with Gasteiger partial charge in [0.2, 0.25) is 0 Å². The molecule has 1 fully saturated rings. The molecule has 19 heavy (non-hydrogen) atoms. The summed E-state index contributed by atoms with van der Waals surface area (Å²) >= 11 is 0. The molecule has 1 saturated heterocycles. The van der Waals surface area contributed by atoms with Gasteiger partial charge < -0.3 is 16.4 Å². The van der Waals surface area contributed by atoms with Crippen molar-refractivity contribution >= 4 is 11.8 Å². The Morgan fingerprint density at radius 1 is 1.37 bits per heavy atom. The average Bonchev–Trinajstić information content (AvgIpc) is 2.79. The van der Waals surface area contributed by atoms with E-state index in [-0.39, 0.29) is 17.3 Å². The molecule has 2 unspecified atom stereocenters. The van der Waals surface area contributed by atoms with Crippen LogP contribution >= 0.6 is 0 Å². The summed E-state index contributed by atoms with van der Waals surface area (Å²) in [5, 5.41) is 0. The number of rotatable bonds is 3. The number of pyridine rings is 1. The second-order valence-electron chi connectivity index (χ2n) is 4.96. The smallest absolute Gasteiger partial charge is 0.272 e. The van der Waals surface area contributed by atoms with Gasteiger partial charge >= 0.3 is 0 Å². The Morgan fingerprint density at radius 2 is 2.05 bits per heavy atom. The fraction of sp³-hybridized carbons (Fsp3) is 0.462. The van der Waals surface area contributed by atoms with Gasteiger partial charge in [-0.05, 0) is 30.5 Å². The molecular formula is C13H18N4O2. The second kappa shape index (κ2) is 5.36. The first kappa shape index (κ1) is 13.5. The lowest BCUT2D eigenvalue weighted by molar-refractivity contribution is 0.0779. The number of likely N-dealkylation sites (tertiary alicyclic amines) is 1. The highest BCUT2D eigenvalue weighted by Crippen LogP contribution is 2.23. The molecule has 1 aromatic rings. The van der Waals surface area contributed by atoms with E-state index < -0.39 is 5.91 Å². The molecule has 2 atom stereocenters. The summed E-state index contributed by atoms with van der Waals surface area (Å²) in [5.74, 6) is -0.105. The third-order valence-electron chi connectivity index (χ3n) is 3.58. The highest BCUT2D eigenvalue weighted by Gasteiger charge is 2.32. The van der Waals surface area contributed by atoms with Gasteiger partial charge in [-0.3, -0.25) is 9.59 Å². The van der Waals surface area contributed by atoms with E-state index in [0.29, 0.717) is 31.5 Å². The van der Waals surface area contributed by atoms with Gasteiger partial charge in [0.05, 0.1) is 0 Å². The van der Waals surface area contributed by atoms with Crippen molar-refractivity contribution in [2.45, 2.75) is 6.92 Å². The Balaban J connectivity index is 2.16. The maximum absolute atomic E-state index is 12.3. The molecular weight excluding hydrogens is 244 g/mol. The van der Waals surface area contributed by atoms with Crippen LogP contribution in [0.3, 0.4) is 0 Å². The summed E-state index contributed by atoms with van der Waals surface area (Å²) in [5.41, 5.74) is 11.2. The number of nitrogens with zero attached hydrogens (tertiary/aromatic N) is 2.